The van der Waals surface area contributed by atoms with Crippen molar-refractivity contribution in [3.63, 3.8) is 0 Å². The zero-order chi connectivity index (χ0) is 18.7. The molecule has 2 aromatic carbocycles. The molecule has 134 valence electrons. The molecule has 0 aliphatic heterocycles. The largest absolute Gasteiger partial charge is 0.508 e. The molecule has 0 amide bonds. The van der Waals surface area contributed by atoms with Gasteiger partial charge in [0.15, 0.2) is 0 Å². The molecule has 1 heterocycles. The van der Waals surface area contributed by atoms with Gasteiger partial charge < -0.3 is 14.3 Å². The van der Waals surface area contributed by atoms with Crippen molar-refractivity contribution in [1.82, 2.24) is 0 Å². The molecule has 0 radical (unpaired) electrons. The number of halogens is 2. The number of phenolic OH excluding ortho intramolecular Hbond substituents is 1. The first kappa shape index (κ1) is 17.6. The van der Waals surface area contributed by atoms with Crippen LogP contribution in [0.5, 0.6) is 5.75 Å². The molecule has 0 spiro atoms. The van der Waals surface area contributed by atoms with E-state index in [0.29, 0.717) is 10.9 Å². The Hall–Kier alpha value is -3.22. The van der Waals surface area contributed by atoms with Gasteiger partial charge in [0.1, 0.15) is 17.9 Å². The lowest BCUT2D eigenvalue weighted by atomic mass is 10.1. The second-order valence-corrected chi connectivity index (χ2v) is 5.71. The Balaban J connectivity index is 1.77. The minimum atomic E-state index is -3.70. The van der Waals surface area contributed by atoms with Crippen LogP contribution >= 0.6 is 0 Å². The van der Waals surface area contributed by atoms with Crippen molar-refractivity contribution in [2.45, 2.75) is 19.0 Å². The average molecular weight is 360 g/mol. The van der Waals surface area contributed by atoms with Crippen molar-refractivity contribution < 1.29 is 27.8 Å². The highest BCUT2D eigenvalue weighted by Crippen LogP contribution is 2.25. The summed E-state index contributed by atoms with van der Waals surface area (Å²) in [5, 5.41) is 9.81. The van der Waals surface area contributed by atoms with Crippen LogP contribution in [-0.2, 0) is 22.6 Å². The normalized spacial score (nSPS) is 11.5. The summed E-state index contributed by atoms with van der Waals surface area (Å²) in [6.45, 7) is -0.518. The second kappa shape index (κ2) is 6.95. The Morgan fingerprint density at radius 2 is 1.85 bits per heavy atom. The fourth-order valence-corrected chi connectivity index (χ4v) is 2.51. The molecule has 0 atom stereocenters. The van der Waals surface area contributed by atoms with Gasteiger partial charge >= 0.3 is 17.5 Å². The van der Waals surface area contributed by atoms with Crippen molar-refractivity contribution >= 4 is 16.9 Å². The number of esters is 1. The molecule has 5 nitrogen and oxygen atoms in total. The van der Waals surface area contributed by atoms with Crippen molar-refractivity contribution in [3.8, 4) is 5.75 Å². The Labute approximate surface area is 146 Å². The van der Waals surface area contributed by atoms with Crippen LogP contribution in [-0.4, -0.2) is 17.0 Å². The standard InChI is InChI=1S/C19H14F2O5/c20-19(21,10-12-4-2-1-3-5-12)18(24)25-11-13-8-17(23)26-16-9-14(22)6-7-15(13)16/h1-9,22H,10-11H2. The van der Waals surface area contributed by atoms with E-state index in [1.54, 1.807) is 18.2 Å². The van der Waals surface area contributed by atoms with Crippen molar-refractivity contribution in [3.05, 3.63) is 76.1 Å². The number of hydrogen-bond donors (Lipinski definition) is 1. The predicted molar refractivity (Wildman–Crippen MR) is 89.0 cm³/mol. The van der Waals surface area contributed by atoms with Gasteiger partial charge in [-0.15, -0.1) is 0 Å². The number of benzene rings is 2. The van der Waals surface area contributed by atoms with E-state index in [1.165, 1.54) is 30.3 Å². The molecular weight excluding hydrogens is 346 g/mol. The van der Waals surface area contributed by atoms with Crippen LogP contribution in [0.3, 0.4) is 0 Å². The van der Waals surface area contributed by atoms with Crippen LogP contribution in [0.15, 0.2) is 63.8 Å². The Bertz CT molecular complexity index is 996. The monoisotopic (exact) mass is 360 g/mol. The minimum Gasteiger partial charge on any atom is -0.508 e. The van der Waals surface area contributed by atoms with E-state index < -0.39 is 30.5 Å². The van der Waals surface area contributed by atoms with E-state index in [9.17, 15) is 23.5 Å². The highest BCUT2D eigenvalue weighted by atomic mass is 19.3. The SMILES string of the molecule is O=C(OCc1cc(=O)oc2cc(O)ccc12)C(F)(F)Cc1ccccc1. The van der Waals surface area contributed by atoms with Gasteiger partial charge in [0.05, 0.1) is 0 Å². The first-order valence-corrected chi connectivity index (χ1v) is 7.70. The molecule has 7 heteroatoms. The van der Waals surface area contributed by atoms with Gasteiger partial charge in [0, 0.05) is 29.5 Å². The van der Waals surface area contributed by atoms with Crippen LogP contribution in [0.25, 0.3) is 11.0 Å². The summed E-state index contributed by atoms with van der Waals surface area (Å²) in [5.41, 5.74) is -0.166. The number of aromatic hydroxyl groups is 1. The van der Waals surface area contributed by atoms with E-state index in [4.69, 9.17) is 9.15 Å². The number of fused-ring (bicyclic) bond motifs is 1. The second-order valence-electron chi connectivity index (χ2n) is 5.71. The molecule has 0 aliphatic carbocycles. The van der Waals surface area contributed by atoms with E-state index in [1.807, 2.05) is 0 Å². The zero-order valence-corrected chi connectivity index (χ0v) is 13.4. The number of hydrogen-bond acceptors (Lipinski definition) is 5. The first-order chi connectivity index (χ1) is 12.3. The third kappa shape index (κ3) is 3.88. The summed E-state index contributed by atoms with van der Waals surface area (Å²) in [5.74, 6) is -5.50. The Morgan fingerprint density at radius 3 is 2.58 bits per heavy atom. The number of alkyl halides is 2. The summed E-state index contributed by atoms with van der Waals surface area (Å²) in [6.07, 6.45) is -0.780. The van der Waals surface area contributed by atoms with E-state index in [0.717, 1.165) is 6.07 Å². The molecule has 0 saturated heterocycles. The van der Waals surface area contributed by atoms with Gasteiger partial charge in [0.2, 0.25) is 0 Å². The van der Waals surface area contributed by atoms with Gasteiger partial charge in [0.25, 0.3) is 0 Å². The lowest BCUT2D eigenvalue weighted by Gasteiger charge is -2.15. The molecular formula is C19H14F2O5. The molecule has 0 bridgehead atoms. The lowest BCUT2D eigenvalue weighted by molar-refractivity contribution is -0.173. The molecule has 0 unspecified atom stereocenters. The summed E-state index contributed by atoms with van der Waals surface area (Å²) in [7, 11) is 0. The van der Waals surface area contributed by atoms with Gasteiger partial charge in [-0.3, -0.25) is 0 Å². The van der Waals surface area contributed by atoms with E-state index >= 15 is 0 Å². The number of phenols is 1. The molecule has 0 fully saturated rings. The highest BCUT2D eigenvalue weighted by molar-refractivity contribution is 5.82. The van der Waals surface area contributed by atoms with Crippen LogP contribution in [0.4, 0.5) is 8.78 Å². The van der Waals surface area contributed by atoms with Crippen LogP contribution in [0, 0.1) is 0 Å². The number of carbonyl (C=O) groups excluding carboxylic acids is 1. The summed E-state index contributed by atoms with van der Waals surface area (Å²) in [6, 6.07) is 12.9. The molecule has 1 aromatic heterocycles. The van der Waals surface area contributed by atoms with Crippen LogP contribution < -0.4 is 5.63 Å². The first-order valence-electron chi connectivity index (χ1n) is 7.70. The van der Waals surface area contributed by atoms with Crippen LogP contribution in [0.1, 0.15) is 11.1 Å². The smallest absolute Gasteiger partial charge is 0.377 e. The molecule has 3 aromatic rings. The minimum absolute atomic E-state index is 0.0691. The van der Waals surface area contributed by atoms with E-state index in [-0.39, 0.29) is 16.9 Å². The molecule has 0 saturated carbocycles. The lowest BCUT2D eigenvalue weighted by Crippen LogP contribution is -2.33. The van der Waals surface area contributed by atoms with Crippen molar-refractivity contribution in [2.24, 2.45) is 0 Å². The number of rotatable bonds is 5. The third-order valence-electron chi connectivity index (χ3n) is 3.74. The molecule has 3 rings (SSSR count). The van der Waals surface area contributed by atoms with Crippen molar-refractivity contribution in [1.29, 1.82) is 0 Å². The molecule has 26 heavy (non-hydrogen) atoms. The molecule has 0 aliphatic rings. The fourth-order valence-electron chi connectivity index (χ4n) is 2.51. The van der Waals surface area contributed by atoms with Gasteiger partial charge in [-0.25, -0.2) is 9.59 Å². The quantitative estimate of drug-likeness (QED) is 0.557. The van der Waals surface area contributed by atoms with Crippen molar-refractivity contribution in [2.75, 3.05) is 0 Å². The maximum atomic E-state index is 14.1. The van der Waals surface area contributed by atoms with Gasteiger partial charge in [-0.05, 0) is 17.7 Å². The topological polar surface area (TPSA) is 76.7 Å². The van der Waals surface area contributed by atoms with Gasteiger partial charge in [-0.1, -0.05) is 30.3 Å². The zero-order valence-electron chi connectivity index (χ0n) is 13.4. The molecule has 1 N–H and O–H groups in total. The Kier molecular flexibility index (Phi) is 4.71. The fraction of sp³-hybridized carbons (Fsp3) is 0.158. The summed E-state index contributed by atoms with van der Waals surface area (Å²) < 4.78 is 37.8. The van der Waals surface area contributed by atoms with Gasteiger partial charge in [-0.2, -0.15) is 8.78 Å². The summed E-state index contributed by atoms with van der Waals surface area (Å²) in [4.78, 5) is 23.4. The number of carbonyl (C=O) groups is 1. The highest BCUT2D eigenvalue weighted by Gasteiger charge is 2.40. The average Bonchev–Trinajstić information content (AvgIpc) is 2.59. The third-order valence-corrected chi connectivity index (χ3v) is 3.74. The summed E-state index contributed by atoms with van der Waals surface area (Å²) >= 11 is 0. The Morgan fingerprint density at radius 1 is 1.12 bits per heavy atom. The van der Waals surface area contributed by atoms with E-state index in [2.05, 4.69) is 0 Å². The maximum Gasteiger partial charge on any atom is 0.377 e. The predicted octanol–water partition coefficient (Wildman–Crippen LogP) is 3.42. The maximum absolute atomic E-state index is 14.1. The van der Waals surface area contributed by atoms with Crippen LogP contribution in [0.2, 0.25) is 0 Å². The number of ether oxygens (including phenoxy) is 1.